The highest BCUT2D eigenvalue weighted by atomic mass is 32.1. The lowest BCUT2D eigenvalue weighted by atomic mass is 9.93. The molecule has 2 heterocycles. The third-order valence-electron chi connectivity index (χ3n) is 2.65. The third-order valence-corrected chi connectivity index (χ3v) is 3.52. The van der Waals surface area contributed by atoms with Gasteiger partial charge in [0.25, 0.3) is 0 Å². The number of aliphatic hydroxyl groups is 1. The van der Waals surface area contributed by atoms with Gasteiger partial charge in [-0.25, -0.2) is 15.0 Å². The van der Waals surface area contributed by atoms with Crippen molar-refractivity contribution >= 4 is 11.3 Å². The second-order valence-corrected chi connectivity index (χ2v) is 6.21. The highest BCUT2D eigenvalue weighted by molar-refractivity contribution is 7.09. The molecule has 0 fully saturated rings. The molecule has 0 aliphatic heterocycles. The standard InChI is InChI=1S/C13H17N3OS/c1-13(2,3)11-7-18-12(16-11)4-10(17)9-5-14-8-15-6-9/h5-8,10,17H,4H2,1-3H3. The van der Waals surface area contributed by atoms with Gasteiger partial charge in [-0.1, -0.05) is 20.8 Å². The molecular formula is C13H17N3OS. The van der Waals surface area contributed by atoms with E-state index in [2.05, 4.69) is 41.1 Å². The average Bonchev–Trinajstić information content (AvgIpc) is 2.78. The minimum atomic E-state index is -0.592. The molecule has 1 atom stereocenters. The molecule has 96 valence electrons. The van der Waals surface area contributed by atoms with E-state index in [0.717, 1.165) is 16.3 Å². The predicted octanol–water partition coefficient (Wildman–Crippen LogP) is 2.51. The molecule has 0 bridgehead atoms. The smallest absolute Gasteiger partial charge is 0.115 e. The molecular weight excluding hydrogens is 246 g/mol. The van der Waals surface area contributed by atoms with Crippen LogP contribution in [0.15, 0.2) is 24.1 Å². The van der Waals surface area contributed by atoms with Crippen LogP contribution in [0.4, 0.5) is 0 Å². The van der Waals surface area contributed by atoms with Crippen LogP contribution in [0.2, 0.25) is 0 Å². The molecule has 0 saturated heterocycles. The maximum Gasteiger partial charge on any atom is 0.115 e. The lowest BCUT2D eigenvalue weighted by molar-refractivity contribution is 0.177. The van der Waals surface area contributed by atoms with E-state index in [4.69, 9.17) is 0 Å². The van der Waals surface area contributed by atoms with Gasteiger partial charge in [-0.3, -0.25) is 0 Å². The fraction of sp³-hybridized carbons (Fsp3) is 0.462. The molecule has 0 saturated carbocycles. The van der Waals surface area contributed by atoms with Crippen molar-refractivity contribution in [1.29, 1.82) is 0 Å². The number of rotatable bonds is 3. The predicted molar refractivity (Wildman–Crippen MR) is 71.5 cm³/mol. The zero-order valence-corrected chi connectivity index (χ0v) is 11.6. The first-order chi connectivity index (χ1) is 8.47. The van der Waals surface area contributed by atoms with Gasteiger partial charge < -0.3 is 5.11 Å². The summed E-state index contributed by atoms with van der Waals surface area (Å²) >= 11 is 1.59. The van der Waals surface area contributed by atoms with Crippen molar-refractivity contribution in [2.45, 2.75) is 38.7 Å². The maximum atomic E-state index is 10.1. The van der Waals surface area contributed by atoms with Gasteiger partial charge in [0.05, 0.1) is 16.8 Å². The Bertz CT molecular complexity index is 504. The van der Waals surface area contributed by atoms with Crippen LogP contribution in [0, 0.1) is 0 Å². The van der Waals surface area contributed by atoms with E-state index in [1.54, 1.807) is 23.7 Å². The van der Waals surface area contributed by atoms with Crippen molar-refractivity contribution in [2.75, 3.05) is 0 Å². The number of aromatic nitrogens is 3. The molecule has 18 heavy (non-hydrogen) atoms. The topological polar surface area (TPSA) is 58.9 Å². The zero-order chi connectivity index (χ0) is 13.2. The molecule has 0 aliphatic rings. The Morgan fingerprint density at radius 2 is 1.94 bits per heavy atom. The molecule has 0 aliphatic carbocycles. The first-order valence-electron chi connectivity index (χ1n) is 5.84. The van der Waals surface area contributed by atoms with Crippen molar-refractivity contribution in [3.8, 4) is 0 Å². The lowest BCUT2D eigenvalue weighted by Crippen LogP contribution is -2.12. The number of hydrogen-bond donors (Lipinski definition) is 1. The van der Waals surface area contributed by atoms with E-state index >= 15 is 0 Å². The van der Waals surface area contributed by atoms with Crippen LogP contribution in [0.25, 0.3) is 0 Å². The minimum Gasteiger partial charge on any atom is -0.388 e. The maximum absolute atomic E-state index is 10.1. The zero-order valence-electron chi connectivity index (χ0n) is 10.8. The van der Waals surface area contributed by atoms with Crippen LogP contribution < -0.4 is 0 Å². The summed E-state index contributed by atoms with van der Waals surface area (Å²) in [6.07, 6.45) is 4.64. The fourth-order valence-electron chi connectivity index (χ4n) is 1.52. The molecule has 0 spiro atoms. The first-order valence-corrected chi connectivity index (χ1v) is 6.72. The second kappa shape index (κ2) is 5.12. The quantitative estimate of drug-likeness (QED) is 0.924. The molecule has 0 amide bonds. The summed E-state index contributed by atoms with van der Waals surface area (Å²) in [5.41, 5.74) is 1.85. The SMILES string of the molecule is CC(C)(C)c1csc(CC(O)c2cncnc2)n1. The number of thiazole rings is 1. The van der Waals surface area contributed by atoms with E-state index in [0.29, 0.717) is 6.42 Å². The van der Waals surface area contributed by atoms with Crippen molar-refractivity contribution in [3.63, 3.8) is 0 Å². The van der Waals surface area contributed by atoms with Gasteiger partial charge in [-0.05, 0) is 0 Å². The van der Waals surface area contributed by atoms with Crippen molar-refractivity contribution in [2.24, 2.45) is 0 Å². The highest BCUT2D eigenvalue weighted by Gasteiger charge is 2.19. The van der Waals surface area contributed by atoms with Crippen LogP contribution in [0.1, 0.15) is 43.1 Å². The van der Waals surface area contributed by atoms with Gasteiger partial charge in [0.2, 0.25) is 0 Å². The Kier molecular flexibility index (Phi) is 3.73. The molecule has 0 radical (unpaired) electrons. The van der Waals surface area contributed by atoms with Gasteiger partial charge in [-0.2, -0.15) is 0 Å². The first kappa shape index (κ1) is 13.1. The van der Waals surface area contributed by atoms with E-state index < -0.39 is 6.10 Å². The highest BCUT2D eigenvalue weighted by Crippen LogP contribution is 2.26. The normalized spacial score (nSPS) is 13.6. The third kappa shape index (κ3) is 3.11. The summed E-state index contributed by atoms with van der Waals surface area (Å²) < 4.78 is 0. The summed E-state index contributed by atoms with van der Waals surface area (Å²) in [6.45, 7) is 6.40. The summed E-state index contributed by atoms with van der Waals surface area (Å²) in [5.74, 6) is 0. The van der Waals surface area contributed by atoms with Crippen LogP contribution in [-0.4, -0.2) is 20.1 Å². The van der Waals surface area contributed by atoms with E-state index in [1.807, 2.05) is 0 Å². The van der Waals surface area contributed by atoms with Crippen LogP contribution in [-0.2, 0) is 11.8 Å². The Morgan fingerprint density at radius 3 is 2.50 bits per heavy atom. The fourth-order valence-corrected chi connectivity index (χ4v) is 2.57. The summed E-state index contributed by atoms with van der Waals surface area (Å²) in [7, 11) is 0. The summed E-state index contributed by atoms with van der Waals surface area (Å²) in [5, 5.41) is 13.1. The largest absolute Gasteiger partial charge is 0.388 e. The Hall–Kier alpha value is -1.33. The molecule has 5 heteroatoms. The van der Waals surface area contributed by atoms with Crippen LogP contribution in [0.3, 0.4) is 0 Å². The molecule has 1 unspecified atom stereocenters. The monoisotopic (exact) mass is 263 g/mol. The number of nitrogens with zero attached hydrogens (tertiary/aromatic N) is 3. The Morgan fingerprint density at radius 1 is 1.28 bits per heavy atom. The molecule has 2 aromatic heterocycles. The molecule has 4 nitrogen and oxygen atoms in total. The minimum absolute atomic E-state index is 0.0512. The van der Waals surface area contributed by atoms with E-state index in [1.165, 1.54) is 6.33 Å². The van der Waals surface area contributed by atoms with Crippen molar-refractivity contribution < 1.29 is 5.11 Å². The number of aliphatic hydroxyl groups excluding tert-OH is 1. The summed E-state index contributed by atoms with van der Waals surface area (Å²) in [4.78, 5) is 12.4. The average molecular weight is 263 g/mol. The van der Waals surface area contributed by atoms with Gasteiger partial charge in [0, 0.05) is 35.2 Å². The molecule has 0 aromatic carbocycles. The lowest BCUT2D eigenvalue weighted by Gasteiger charge is -2.14. The molecule has 2 aromatic rings. The van der Waals surface area contributed by atoms with Crippen LogP contribution >= 0.6 is 11.3 Å². The number of hydrogen-bond acceptors (Lipinski definition) is 5. The van der Waals surface area contributed by atoms with Gasteiger partial charge in [0.15, 0.2) is 0 Å². The van der Waals surface area contributed by atoms with Gasteiger partial charge in [0.1, 0.15) is 6.33 Å². The summed E-state index contributed by atoms with van der Waals surface area (Å²) in [6, 6.07) is 0. The Labute approximate surface area is 111 Å². The molecule has 1 N–H and O–H groups in total. The molecule has 2 rings (SSSR count). The van der Waals surface area contributed by atoms with Gasteiger partial charge >= 0.3 is 0 Å². The van der Waals surface area contributed by atoms with E-state index in [9.17, 15) is 5.11 Å². The van der Waals surface area contributed by atoms with Crippen molar-refractivity contribution in [1.82, 2.24) is 15.0 Å². The van der Waals surface area contributed by atoms with Crippen LogP contribution in [0.5, 0.6) is 0 Å². The Balaban J connectivity index is 2.08. The van der Waals surface area contributed by atoms with Gasteiger partial charge in [-0.15, -0.1) is 11.3 Å². The van der Waals surface area contributed by atoms with E-state index in [-0.39, 0.29) is 5.41 Å². The van der Waals surface area contributed by atoms with Crippen molar-refractivity contribution in [3.05, 3.63) is 40.4 Å². The second-order valence-electron chi connectivity index (χ2n) is 5.27.